The largest absolute Gasteiger partial charge is 0.494 e. The van der Waals surface area contributed by atoms with Crippen molar-refractivity contribution < 1.29 is 19.1 Å². The van der Waals surface area contributed by atoms with E-state index in [0.29, 0.717) is 28.8 Å². The van der Waals surface area contributed by atoms with Gasteiger partial charge < -0.3 is 9.47 Å². The molecule has 3 aromatic rings. The van der Waals surface area contributed by atoms with Gasteiger partial charge in [-0.05, 0) is 42.8 Å². The first-order chi connectivity index (χ1) is 14.1. The summed E-state index contributed by atoms with van der Waals surface area (Å²) >= 11 is 0. The van der Waals surface area contributed by atoms with Gasteiger partial charge in [-0.2, -0.15) is 4.68 Å². The predicted octanol–water partition coefficient (Wildman–Crippen LogP) is 2.74. The van der Waals surface area contributed by atoms with E-state index in [1.54, 1.807) is 48.5 Å². The highest BCUT2D eigenvalue weighted by atomic mass is 16.5. The fourth-order valence-electron chi connectivity index (χ4n) is 2.63. The monoisotopic (exact) mass is 395 g/mol. The Kier molecular flexibility index (Phi) is 6.67. The zero-order chi connectivity index (χ0) is 20.6. The van der Waals surface area contributed by atoms with E-state index in [1.807, 2.05) is 6.92 Å². The van der Waals surface area contributed by atoms with Crippen molar-refractivity contribution in [3.63, 3.8) is 0 Å². The number of aromatic nitrogens is 3. The molecule has 0 spiro atoms. The Hall–Kier alpha value is -3.55. The Morgan fingerprint density at radius 1 is 1.03 bits per heavy atom. The van der Waals surface area contributed by atoms with Crippen LogP contribution in [0.2, 0.25) is 0 Å². The molecule has 0 radical (unpaired) electrons. The van der Waals surface area contributed by atoms with Crippen LogP contribution in [0.5, 0.6) is 5.75 Å². The lowest BCUT2D eigenvalue weighted by Crippen LogP contribution is -2.26. The quantitative estimate of drug-likeness (QED) is 0.406. The van der Waals surface area contributed by atoms with Crippen LogP contribution < -0.4 is 10.3 Å². The minimum atomic E-state index is -0.594. The molecule has 0 amide bonds. The van der Waals surface area contributed by atoms with E-state index in [2.05, 4.69) is 10.3 Å². The zero-order valence-corrected chi connectivity index (χ0v) is 16.0. The summed E-state index contributed by atoms with van der Waals surface area (Å²) < 4.78 is 11.5. The van der Waals surface area contributed by atoms with E-state index < -0.39 is 11.5 Å². The molecule has 0 saturated heterocycles. The summed E-state index contributed by atoms with van der Waals surface area (Å²) in [7, 11) is 0. The highest BCUT2D eigenvalue weighted by Gasteiger charge is 2.12. The number of ketones is 1. The molecule has 0 saturated carbocycles. The smallest absolute Gasteiger partial charge is 0.308 e. The Labute approximate surface area is 167 Å². The molecule has 0 bridgehead atoms. The number of hydrogen-bond acceptors (Lipinski definition) is 7. The average Bonchev–Trinajstić information content (AvgIpc) is 2.76. The molecule has 0 N–H and O–H groups in total. The first-order valence-corrected chi connectivity index (χ1v) is 9.32. The SMILES string of the molecule is CCCOc1ccc(C(=O)CCC(=O)OCn2nnc3ccccc3c2=O)cc1. The van der Waals surface area contributed by atoms with Crippen LogP contribution in [-0.4, -0.2) is 33.4 Å². The van der Waals surface area contributed by atoms with Gasteiger partial charge in [0, 0.05) is 12.0 Å². The number of ether oxygens (including phenoxy) is 2. The van der Waals surface area contributed by atoms with Crippen molar-refractivity contribution >= 4 is 22.7 Å². The van der Waals surface area contributed by atoms with Gasteiger partial charge >= 0.3 is 5.97 Å². The van der Waals surface area contributed by atoms with E-state index >= 15 is 0 Å². The Bertz CT molecular complexity index is 1060. The van der Waals surface area contributed by atoms with Gasteiger partial charge in [0.05, 0.1) is 18.4 Å². The van der Waals surface area contributed by atoms with E-state index in [4.69, 9.17) is 9.47 Å². The second kappa shape index (κ2) is 9.59. The highest BCUT2D eigenvalue weighted by Crippen LogP contribution is 2.14. The maximum absolute atomic E-state index is 12.3. The van der Waals surface area contributed by atoms with Crippen LogP contribution in [0.3, 0.4) is 0 Å². The number of carbonyl (C=O) groups is 2. The second-order valence-electron chi connectivity index (χ2n) is 6.35. The molecule has 0 aliphatic carbocycles. The Morgan fingerprint density at radius 2 is 1.79 bits per heavy atom. The summed E-state index contributed by atoms with van der Waals surface area (Å²) in [5.41, 5.74) is 0.569. The molecule has 29 heavy (non-hydrogen) atoms. The van der Waals surface area contributed by atoms with Crippen LogP contribution in [0.15, 0.2) is 53.3 Å². The van der Waals surface area contributed by atoms with Crippen LogP contribution in [0.4, 0.5) is 0 Å². The average molecular weight is 395 g/mol. The molecular formula is C21H21N3O5. The third-order valence-electron chi connectivity index (χ3n) is 4.18. The molecular weight excluding hydrogens is 374 g/mol. The van der Waals surface area contributed by atoms with Crippen molar-refractivity contribution in [2.75, 3.05) is 6.61 Å². The Balaban J connectivity index is 1.50. The molecule has 3 rings (SSSR count). The van der Waals surface area contributed by atoms with Gasteiger partial charge in [-0.15, -0.1) is 5.10 Å². The van der Waals surface area contributed by atoms with Crippen molar-refractivity contribution in [1.29, 1.82) is 0 Å². The second-order valence-corrected chi connectivity index (χ2v) is 6.35. The van der Waals surface area contributed by atoms with Gasteiger partial charge in [0.15, 0.2) is 12.5 Å². The van der Waals surface area contributed by atoms with Crippen LogP contribution >= 0.6 is 0 Å². The Morgan fingerprint density at radius 3 is 2.55 bits per heavy atom. The normalized spacial score (nSPS) is 10.7. The van der Waals surface area contributed by atoms with Crippen molar-refractivity contribution in [3.8, 4) is 5.75 Å². The first kappa shape index (κ1) is 20.2. The van der Waals surface area contributed by atoms with Gasteiger partial charge in [-0.1, -0.05) is 24.3 Å². The van der Waals surface area contributed by atoms with E-state index in [9.17, 15) is 14.4 Å². The van der Waals surface area contributed by atoms with Crippen molar-refractivity contribution in [2.24, 2.45) is 0 Å². The lowest BCUT2D eigenvalue weighted by molar-refractivity contribution is -0.148. The molecule has 0 unspecified atom stereocenters. The van der Waals surface area contributed by atoms with Gasteiger partial charge in [0.1, 0.15) is 11.3 Å². The summed E-state index contributed by atoms with van der Waals surface area (Å²) in [6, 6.07) is 13.6. The number of rotatable bonds is 9. The predicted molar refractivity (Wildman–Crippen MR) is 106 cm³/mol. The maximum Gasteiger partial charge on any atom is 0.308 e. The summed E-state index contributed by atoms with van der Waals surface area (Å²) in [6.07, 6.45) is 0.814. The standard InChI is InChI=1S/C21H21N3O5/c1-2-13-28-16-9-7-15(8-10-16)19(25)11-12-20(26)29-14-24-21(27)17-5-3-4-6-18(17)22-23-24/h3-10H,2,11-14H2,1H3. The molecule has 0 aliphatic rings. The topological polar surface area (TPSA) is 100 Å². The maximum atomic E-state index is 12.3. The fraction of sp³-hybridized carbons (Fsp3) is 0.286. The van der Waals surface area contributed by atoms with Crippen LogP contribution in [0.1, 0.15) is 36.5 Å². The molecule has 0 atom stereocenters. The summed E-state index contributed by atoms with van der Waals surface area (Å²) in [5, 5.41) is 8.05. The number of esters is 1. The number of nitrogens with zero attached hydrogens (tertiary/aromatic N) is 3. The lowest BCUT2D eigenvalue weighted by atomic mass is 10.1. The third kappa shape index (κ3) is 5.25. The van der Waals surface area contributed by atoms with E-state index in [1.165, 1.54) is 0 Å². The molecule has 150 valence electrons. The van der Waals surface area contributed by atoms with Crippen LogP contribution in [0.25, 0.3) is 10.9 Å². The lowest BCUT2D eigenvalue weighted by Gasteiger charge is -2.07. The number of carbonyl (C=O) groups excluding carboxylic acids is 2. The minimum Gasteiger partial charge on any atom is -0.494 e. The van der Waals surface area contributed by atoms with Crippen LogP contribution in [0, 0.1) is 0 Å². The number of fused-ring (bicyclic) bond motifs is 1. The van der Waals surface area contributed by atoms with Gasteiger partial charge in [-0.25, -0.2) is 0 Å². The third-order valence-corrected chi connectivity index (χ3v) is 4.18. The van der Waals surface area contributed by atoms with Crippen molar-refractivity contribution in [2.45, 2.75) is 32.9 Å². The van der Waals surface area contributed by atoms with E-state index in [-0.39, 0.29) is 25.4 Å². The van der Waals surface area contributed by atoms with Crippen molar-refractivity contribution in [3.05, 3.63) is 64.4 Å². The molecule has 1 aromatic heterocycles. The van der Waals surface area contributed by atoms with Gasteiger partial charge in [0.25, 0.3) is 5.56 Å². The molecule has 2 aromatic carbocycles. The summed E-state index contributed by atoms with van der Waals surface area (Å²) in [5.74, 6) is -0.0699. The molecule has 0 aliphatic heterocycles. The first-order valence-electron chi connectivity index (χ1n) is 9.32. The molecule has 0 fully saturated rings. The molecule has 8 nitrogen and oxygen atoms in total. The summed E-state index contributed by atoms with van der Waals surface area (Å²) in [4.78, 5) is 36.5. The minimum absolute atomic E-state index is 0.00624. The zero-order valence-electron chi connectivity index (χ0n) is 16.0. The van der Waals surface area contributed by atoms with Crippen LogP contribution in [-0.2, 0) is 16.3 Å². The molecule has 1 heterocycles. The van der Waals surface area contributed by atoms with Gasteiger partial charge in [0.2, 0.25) is 0 Å². The number of benzene rings is 2. The highest BCUT2D eigenvalue weighted by molar-refractivity contribution is 5.97. The molecule has 8 heteroatoms. The summed E-state index contributed by atoms with van der Waals surface area (Å²) in [6.45, 7) is 2.27. The number of Topliss-reactive ketones (excluding diaryl/α,β-unsaturated/α-hetero) is 1. The van der Waals surface area contributed by atoms with E-state index in [0.717, 1.165) is 11.1 Å². The fourth-order valence-corrected chi connectivity index (χ4v) is 2.63. The van der Waals surface area contributed by atoms with Gasteiger partial charge in [-0.3, -0.25) is 14.4 Å². The van der Waals surface area contributed by atoms with Crippen molar-refractivity contribution in [1.82, 2.24) is 15.0 Å². The number of hydrogen-bond donors (Lipinski definition) is 0.